The molecule has 5 heteroatoms. The molecule has 0 spiro atoms. The number of rotatable bonds is 4. The molecular weight excluding hydrogens is 255 g/mol. The number of hydrogen-bond acceptors (Lipinski definition) is 3. The number of aromatic nitrogens is 2. The predicted octanol–water partition coefficient (Wildman–Crippen LogP) is 2.34. The monoisotopic (exact) mass is 272 g/mol. The Hall–Kier alpha value is -2.19. The van der Waals surface area contributed by atoms with E-state index in [4.69, 9.17) is 5.26 Å². The molecule has 4 nitrogen and oxygen atoms in total. The summed E-state index contributed by atoms with van der Waals surface area (Å²) in [4.78, 5) is 0. The van der Waals surface area contributed by atoms with Crippen LogP contribution in [-0.2, 0) is 20.1 Å². The highest BCUT2D eigenvalue weighted by atomic mass is 19.1. The van der Waals surface area contributed by atoms with Gasteiger partial charge in [-0.2, -0.15) is 10.4 Å². The zero-order chi connectivity index (χ0) is 14.7. The van der Waals surface area contributed by atoms with E-state index in [9.17, 15) is 4.39 Å². The molecule has 0 saturated carbocycles. The Morgan fingerprint density at radius 1 is 1.35 bits per heavy atom. The summed E-state index contributed by atoms with van der Waals surface area (Å²) in [6.45, 7) is 4.98. The SMILES string of the molecule is Cc1nn(C)c(C)c1CNCc1cccc(C#N)c1F. The van der Waals surface area contributed by atoms with Gasteiger partial charge in [0.25, 0.3) is 0 Å². The summed E-state index contributed by atoms with van der Waals surface area (Å²) in [5.41, 5.74) is 3.79. The molecule has 20 heavy (non-hydrogen) atoms. The first-order valence-corrected chi connectivity index (χ1v) is 6.42. The van der Waals surface area contributed by atoms with Gasteiger partial charge in [0.2, 0.25) is 0 Å². The highest BCUT2D eigenvalue weighted by Gasteiger charge is 2.10. The molecule has 0 atom stereocenters. The molecule has 2 rings (SSSR count). The van der Waals surface area contributed by atoms with E-state index < -0.39 is 5.82 Å². The molecule has 0 amide bonds. The van der Waals surface area contributed by atoms with Crippen molar-refractivity contribution < 1.29 is 4.39 Å². The molecule has 0 aliphatic carbocycles. The lowest BCUT2D eigenvalue weighted by Gasteiger charge is -2.07. The quantitative estimate of drug-likeness (QED) is 0.929. The average Bonchev–Trinajstić information content (AvgIpc) is 2.67. The first kappa shape index (κ1) is 14.2. The van der Waals surface area contributed by atoms with Crippen molar-refractivity contribution in [1.29, 1.82) is 5.26 Å². The van der Waals surface area contributed by atoms with Crippen molar-refractivity contribution in [2.45, 2.75) is 26.9 Å². The lowest BCUT2D eigenvalue weighted by atomic mass is 10.1. The number of benzene rings is 1. The van der Waals surface area contributed by atoms with Gasteiger partial charge in [-0.25, -0.2) is 4.39 Å². The van der Waals surface area contributed by atoms with Crippen LogP contribution < -0.4 is 5.32 Å². The van der Waals surface area contributed by atoms with Crippen molar-refractivity contribution in [2.24, 2.45) is 7.05 Å². The number of nitriles is 1. The summed E-state index contributed by atoms with van der Waals surface area (Å²) in [5.74, 6) is -0.442. The zero-order valence-electron chi connectivity index (χ0n) is 11.9. The van der Waals surface area contributed by atoms with E-state index in [2.05, 4.69) is 10.4 Å². The Labute approximate surface area is 117 Å². The maximum atomic E-state index is 13.9. The third-order valence-electron chi connectivity index (χ3n) is 3.48. The summed E-state index contributed by atoms with van der Waals surface area (Å²) >= 11 is 0. The number of aryl methyl sites for hydroxylation is 2. The molecule has 0 saturated heterocycles. The van der Waals surface area contributed by atoms with E-state index in [1.54, 1.807) is 12.1 Å². The van der Waals surface area contributed by atoms with Crippen LogP contribution in [0.3, 0.4) is 0 Å². The smallest absolute Gasteiger partial charge is 0.145 e. The Bertz CT molecular complexity index is 667. The van der Waals surface area contributed by atoms with Crippen LogP contribution in [0.2, 0.25) is 0 Å². The van der Waals surface area contributed by atoms with Gasteiger partial charge in [-0.05, 0) is 19.9 Å². The molecule has 0 fully saturated rings. The van der Waals surface area contributed by atoms with Gasteiger partial charge in [-0.15, -0.1) is 0 Å². The fourth-order valence-corrected chi connectivity index (χ4v) is 2.20. The summed E-state index contributed by atoms with van der Waals surface area (Å²) in [7, 11) is 1.90. The topological polar surface area (TPSA) is 53.6 Å². The molecule has 0 radical (unpaired) electrons. The maximum Gasteiger partial charge on any atom is 0.145 e. The van der Waals surface area contributed by atoms with Crippen molar-refractivity contribution in [2.75, 3.05) is 0 Å². The summed E-state index contributed by atoms with van der Waals surface area (Å²) in [6, 6.07) is 6.71. The Morgan fingerprint density at radius 2 is 2.10 bits per heavy atom. The molecule has 1 aromatic carbocycles. The number of halogens is 1. The van der Waals surface area contributed by atoms with Crippen LogP contribution in [0.1, 0.15) is 28.1 Å². The minimum atomic E-state index is -0.442. The standard InChI is InChI=1S/C15H17FN4/c1-10-14(11(2)20(3)19-10)9-18-8-13-6-4-5-12(7-17)15(13)16/h4-6,18H,8-9H2,1-3H3. The lowest BCUT2D eigenvalue weighted by molar-refractivity contribution is 0.584. The number of nitrogens with zero attached hydrogens (tertiary/aromatic N) is 3. The van der Waals surface area contributed by atoms with E-state index in [0.29, 0.717) is 18.7 Å². The number of nitrogens with one attached hydrogen (secondary N) is 1. The largest absolute Gasteiger partial charge is 0.308 e. The first-order valence-electron chi connectivity index (χ1n) is 6.42. The van der Waals surface area contributed by atoms with Gasteiger partial charge in [0.1, 0.15) is 11.9 Å². The molecule has 1 heterocycles. The van der Waals surface area contributed by atoms with Crippen LogP contribution >= 0.6 is 0 Å². The maximum absolute atomic E-state index is 13.9. The first-order chi connectivity index (χ1) is 9.54. The lowest BCUT2D eigenvalue weighted by Crippen LogP contribution is -2.15. The fourth-order valence-electron chi connectivity index (χ4n) is 2.20. The van der Waals surface area contributed by atoms with Gasteiger partial charge < -0.3 is 5.32 Å². The Morgan fingerprint density at radius 3 is 2.70 bits per heavy atom. The zero-order valence-corrected chi connectivity index (χ0v) is 11.9. The minimum Gasteiger partial charge on any atom is -0.308 e. The molecule has 0 aliphatic heterocycles. The van der Waals surface area contributed by atoms with Gasteiger partial charge in [0, 0.05) is 37.0 Å². The molecule has 0 bridgehead atoms. The van der Waals surface area contributed by atoms with E-state index >= 15 is 0 Å². The third-order valence-corrected chi connectivity index (χ3v) is 3.48. The van der Waals surface area contributed by atoms with Crippen LogP contribution in [0.5, 0.6) is 0 Å². The van der Waals surface area contributed by atoms with Crippen LogP contribution in [0, 0.1) is 31.0 Å². The van der Waals surface area contributed by atoms with E-state index in [-0.39, 0.29) is 5.56 Å². The fraction of sp³-hybridized carbons (Fsp3) is 0.333. The van der Waals surface area contributed by atoms with Crippen LogP contribution in [-0.4, -0.2) is 9.78 Å². The molecule has 104 valence electrons. The molecule has 0 aliphatic rings. The van der Waals surface area contributed by atoms with Gasteiger partial charge >= 0.3 is 0 Å². The second-order valence-electron chi connectivity index (χ2n) is 4.77. The highest BCUT2D eigenvalue weighted by Crippen LogP contribution is 2.14. The minimum absolute atomic E-state index is 0.0815. The molecule has 2 aromatic rings. The highest BCUT2D eigenvalue weighted by molar-refractivity contribution is 5.35. The van der Waals surface area contributed by atoms with Crippen molar-refractivity contribution in [3.05, 3.63) is 52.1 Å². The van der Waals surface area contributed by atoms with Crippen molar-refractivity contribution in [3.63, 3.8) is 0 Å². The Kier molecular flexibility index (Phi) is 4.16. The van der Waals surface area contributed by atoms with Crippen LogP contribution in [0.4, 0.5) is 4.39 Å². The molecular formula is C15H17FN4. The van der Waals surface area contributed by atoms with E-state index in [1.165, 1.54) is 6.07 Å². The van der Waals surface area contributed by atoms with Gasteiger partial charge in [-0.1, -0.05) is 12.1 Å². The summed E-state index contributed by atoms with van der Waals surface area (Å²) < 4.78 is 15.7. The third kappa shape index (κ3) is 2.70. The Balaban J connectivity index is 2.05. The van der Waals surface area contributed by atoms with E-state index in [1.807, 2.05) is 31.6 Å². The molecule has 1 N–H and O–H groups in total. The summed E-state index contributed by atoms with van der Waals surface area (Å²) in [6.07, 6.45) is 0. The molecule has 0 unspecified atom stereocenters. The van der Waals surface area contributed by atoms with Gasteiger partial charge in [-0.3, -0.25) is 4.68 Å². The average molecular weight is 272 g/mol. The van der Waals surface area contributed by atoms with Crippen LogP contribution in [0.25, 0.3) is 0 Å². The van der Waals surface area contributed by atoms with Crippen molar-refractivity contribution in [1.82, 2.24) is 15.1 Å². The van der Waals surface area contributed by atoms with Crippen molar-refractivity contribution in [3.8, 4) is 6.07 Å². The van der Waals surface area contributed by atoms with E-state index in [0.717, 1.165) is 17.0 Å². The predicted molar refractivity (Wildman–Crippen MR) is 74.3 cm³/mol. The normalized spacial score (nSPS) is 10.6. The molecule has 1 aromatic heterocycles. The van der Waals surface area contributed by atoms with Crippen LogP contribution in [0.15, 0.2) is 18.2 Å². The summed E-state index contributed by atoms with van der Waals surface area (Å²) in [5, 5.41) is 16.3. The second-order valence-corrected chi connectivity index (χ2v) is 4.77. The van der Waals surface area contributed by atoms with Gasteiger partial charge in [0.05, 0.1) is 11.3 Å². The number of hydrogen-bond donors (Lipinski definition) is 1. The van der Waals surface area contributed by atoms with Gasteiger partial charge in [0.15, 0.2) is 0 Å². The van der Waals surface area contributed by atoms with Crippen molar-refractivity contribution >= 4 is 0 Å². The second kappa shape index (κ2) is 5.85.